The van der Waals surface area contributed by atoms with Crippen LogP contribution in [0, 0.1) is 11.3 Å². The second-order valence-corrected chi connectivity index (χ2v) is 5.30. The number of hydrogen-bond donors (Lipinski definition) is 1. The molecule has 1 fully saturated rings. The van der Waals surface area contributed by atoms with Crippen LogP contribution in [-0.4, -0.2) is 41.1 Å². The molecule has 0 aromatic rings. The summed E-state index contributed by atoms with van der Waals surface area (Å²) in [7, 11) is 0. The van der Waals surface area contributed by atoms with Gasteiger partial charge >= 0.3 is 18.1 Å². The number of hydrogen-bond acceptors (Lipinski definition) is 2. The van der Waals surface area contributed by atoms with Crippen LogP contribution in [0.3, 0.4) is 0 Å². The molecule has 1 aliphatic rings. The standard InChI is InChI=1S/C11H16F3NO3/c1-10(2)6-15(9(18)11(12,13)14)4-3-7(10)5-8(16)17/h7H,3-6H2,1-2H3,(H,16,17). The summed E-state index contributed by atoms with van der Waals surface area (Å²) in [5.41, 5.74) is -0.627. The molecule has 1 amide bonds. The highest BCUT2D eigenvalue weighted by atomic mass is 19.4. The van der Waals surface area contributed by atoms with E-state index in [1.807, 2.05) is 0 Å². The Morgan fingerprint density at radius 2 is 1.94 bits per heavy atom. The maximum absolute atomic E-state index is 12.3. The summed E-state index contributed by atoms with van der Waals surface area (Å²) in [5, 5.41) is 8.74. The van der Waals surface area contributed by atoms with Crippen LogP contribution in [-0.2, 0) is 9.59 Å². The lowest BCUT2D eigenvalue weighted by atomic mass is 9.72. The summed E-state index contributed by atoms with van der Waals surface area (Å²) in [6, 6.07) is 0. The second-order valence-electron chi connectivity index (χ2n) is 5.30. The zero-order valence-corrected chi connectivity index (χ0v) is 10.3. The smallest absolute Gasteiger partial charge is 0.471 e. The van der Waals surface area contributed by atoms with Gasteiger partial charge in [-0.05, 0) is 17.8 Å². The number of nitrogens with zero attached hydrogens (tertiary/aromatic N) is 1. The van der Waals surface area contributed by atoms with Crippen molar-refractivity contribution in [3.8, 4) is 0 Å². The Kier molecular flexibility index (Phi) is 3.92. The first-order valence-corrected chi connectivity index (χ1v) is 5.62. The molecule has 18 heavy (non-hydrogen) atoms. The lowest BCUT2D eigenvalue weighted by molar-refractivity contribution is -0.189. The van der Waals surface area contributed by atoms with Gasteiger partial charge in [0, 0.05) is 19.5 Å². The maximum Gasteiger partial charge on any atom is 0.471 e. The van der Waals surface area contributed by atoms with Crippen LogP contribution in [0.4, 0.5) is 13.2 Å². The lowest BCUT2D eigenvalue weighted by Crippen LogP contribution is -2.52. The third-order valence-corrected chi connectivity index (χ3v) is 3.40. The maximum atomic E-state index is 12.3. The Morgan fingerprint density at radius 3 is 2.33 bits per heavy atom. The number of aliphatic carboxylic acids is 1. The van der Waals surface area contributed by atoms with E-state index in [0.29, 0.717) is 0 Å². The first-order chi connectivity index (χ1) is 8.04. The van der Waals surface area contributed by atoms with Crippen molar-refractivity contribution >= 4 is 11.9 Å². The van der Waals surface area contributed by atoms with Gasteiger partial charge in [-0.3, -0.25) is 9.59 Å². The van der Waals surface area contributed by atoms with Crippen LogP contribution >= 0.6 is 0 Å². The zero-order valence-electron chi connectivity index (χ0n) is 10.3. The highest BCUT2D eigenvalue weighted by Gasteiger charge is 2.47. The average Bonchev–Trinajstić information content (AvgIpc) is 2.17. The first-order valence-electron chi connectivity index (χ1n) is 5.62. The molecule has 0 aromatic carbocycles. The van der Waals surface area contributed by atoms with Crippen molar-refractivity contribution in [1.82, 2.24) is 4.90 Å². The number of halogens is 3. The predicted molar refractivity (Wildman–Crippen MR) is 56.8 cm³/mol. The molecule has 1 N–H and O–H groups in total. The van der Waals surface area contributed by atoms with Crippen molar-refractivity contribution in [2.24, 2.45) is 11.3 Å². The largest absolute Gasteiger partial charge is 0.481 e. The Morgan fingerprint density at radius 1 is 1.39 bits per heavy atom. The van der Waals surface area contributed by atoms with Crippen LogP contribution in [0.25, 0.3) is 0 Å². The van der Waals surface area contributed by atoms with Gasteiger partial charge in [0.1, 0.15) is 0 Å². The molecule has 0 radical (unpaired) electrons. The van der Waals surface area contributed by atoms with Gasteiger partial charge in [-0.1, -0.05) is 13.8 Å². The second kappa shape index (κ2) is 4.78. The van der Waals surface area contributed by atoms with E-state index in [0.717, 1.165) is 4.90 Å². The first kappa shape index (κ1) is 14.8. The monoisotopic (exact) mass is 267 g/mol. The van der Waals surface area contributed by atoms with E-state index < -0.39 is 23.5 Å². The number of rotatable bonds is 2. The molecule has 0 bridgehead atoms. The van der Waals surface area contributed by atoms with Crippen LogP contribution < -0.4 is 0 Å². The third-order valence-electron chi connectivity index (χ3n) is 3.40. The molecular weight excluding hydrogens is 251 g/mol. The van der Waals surface area contributed by atoms with Crippen LogP contribution in [0.15, 0.2) is 0 Å². The van der Waals surface area contributed by atoms with Gasteiger partial charge in [0.05, 0.1) is 0 Å². The Balaban J connectivity index is 2.74. The van der Waals surface area contributed by atoms with Crippen LogP contribution in [0.5, 0.6) is 0 Å². The van der Waals surface area contributed by atoms with Crippen molar-refractivity contribution < 1.29 is 27.9 Å². The molecular formula is C11H16F3NO3. The minimum absolute atomic E-state index is 0.0419. The number of piperidine rings is 1. The van der Waals surface area contributed by atoms with E-state index in [9.17, 15) is 22.8 Å². The lowest BCUT2D eigenvalue weighted by Gasteiger charge is -2.43. The highest BCUT2D eigenvalue weighted by molar-refractivity contribution is 5.82. The molecule has 1 heterocycles. The highest BCUT2D eigenvalue weighted by Crippen LogP contribution is 2.38. The molecule has 0 aromatic heterocycles. The van der Waals surface area contributed by atoms with Gasteiger partial charge in [0.2, 0.25) is 0 Å². The molecule has 7 heteroatoms. The quantitative estimate of drug-likeness (QED) is 0.831. The SMILES string of the molecule is CC1(C)CN(C(=O)C(F)(F)F)CCC1CC(=O)O. The van der Waals surface area contributed by atoms with E-state index in [-0.39, 0.29) is 31.8 Å². The molecule has 1 saturated heterocycles. The minimum Gasteiger partial charge on any atom is -0.481 e. The number of carbonyl (C=O) groups excluding carboxylic acids is 1. The van der Waals surface area contributed by atoms with Gasteiger partial charge in [-0.2, -0.15) is 13.2 Å². The molecule has 104 valence electrons. The van der Waals surface area contributed by atoms with E-state index in [1.54, 1.807) is 13.8 Å². The van der Waals surface area contributed by atoms with Crippen molar-refractivity contribution in [1.29, 1.82) is 0 Å². The molecule has 0 aliphatic carbocycles. The molecule has 1 unspecified atom stereocenters. The average molecular weight is 267 g/mol. The number of amides is 1. The summed E-state index contributed by atoms with van der Waals surface area (Å²) >= 11 is 0. The summed E-state index contributed by atoms with van der Waals surface area (Å²) in [5.74, 6) is -3.03. The van der Waals surface area contributed by atoms with E-state index in [4.69, 9.17) is 5.11 Å². The van der Waals surface area contributed by atoms with Gasteiger partial charge in [-0.15, -0.1) is 0 Å². The Labute approximate surface area is 103 Å². The summed E-state index contributed by atoms with van der Waals surface area (Å²) in [6.45, 7) is 3.27. The minimum atomic E-state index is -4.87. The Bertz CT molecular complexity index is 352. The fourth-order valence-electron chi connectivity index (χ4n) is 2.34. The fourth-order valence-corrected chi connectivity index (χ4v) is 2.34. The molecule has 1 aliphatic heterocycles. The Hall–Kier alpha value is -1.27. The van der Waals surface area contributed by atoms with Crippen molar-refractivity contribution in [2.45, 2.75) is 32.9 Å². The molecule has 1 atom stereocenters. The van der Waals surface area contributed by atoms with Gasteiger partial charge in [0.25, 0.3) is 0 Å². The number of likely N-dealkylation sites (tertiary alicyclic amines) is 1. The summed E-state index contributed by atoms with van der Waals surface area (Å²) in [6.07, 6.45) is -4.67. The van der Waals surface area contributed by atoms with Gasteiger partial charge in [0.15, 0.2) is 0 Å². The molecule has 0 spiro atoms. The molecule has 0 saturated carbocycles. The van der Waals surface area contributed by atoms with Crippen LogP contribution in [0.1, 0.15) is 26.7 Å². The van der Waals surface area contributed by atoms with E-state index in [2.05, 4.69) is 0 Å². The molecule has 1 rings (SSSR count). The normalized spacial score (nSPS) is 23.8. The van der Waals surface area contributed by atoms with Crippen molar-refractivity contribution in [3.63, 3.8) is 0 Å². The third kappa shape index (κ3) is 3.36. The fraction of sp³-hybridized carbons (Fsp3) is 0.818. The topological polar surface area (TPSA) is 57.6 Å². The van der Waals surface area contributed by atoms with E-state index in [1.165, 1.54) is 0 Å². The number of carboxylic acid groups (broad SMARTS) is 1. The van der Waals surface area contributed by atoms with Crippen LogP contribution in [0.2, 0.25) is 0 Å². The number of carbonyl (C=O) groups is 2. The molecule has 4 nitrogen and oxygen atoms in total. The van der Waals surface area contributed by atoms with Crippen molar-refractivity contribution in [2.75, 3.05) is 13.1 Å². The van der Waals surface area contributed by atoms with Gasteiger partial charge in [-0.25, -0.2) is 0 Å². The zero-order chi connectivity index (χ0) is 14.1. The number of carboxylic acids is 1. The number of alkyl halides is 3. The summed E-state index contributed by atoms with van der Waals surface area (Å²) in [4.78, 5) is 22.6. The van der Waals surface area contributed by atoms with Gasteiger partial charge < -0.3 is 10.0 Å². The summed E-state index contributed by atoms with van der Waals surface area (Å²) < 4.78 is 36.9. The van der Waals surface area contributed by atoms with E-state index >= 15 is 0 Å². The van der Waals surface area contributed by atoms with Crippen molar-refractivity contribution in [3.05, 3.63) is 0 Å². The predicted octanol–water partition coefficient (Wildman–Crippen LogP) is 1.90.